The summed E-state index contributed by atoms with van der Waals surface area (Å²) in [5.41, 5.74) is 0. The number of nitrogens with one attached hydrogen (secondary N) is 1. The fraction of sp³-hybridized carbons (Fsp3) is 0.375. The van der Waals surface area contributed by atoms with E-state index in [1.54, 1.807) is 18.2 Å². The minimum atomic E-state index is -4.11. The third-order valence-electron chi connectivity index (χ3n) is 1.38. The molecule has 0 aromatic carbocycles. The summed E-state index contributed by atoms with van der Waals surface area (Å²) in [6.45, 7) is -0.138. The molecule has 1 heterocycles. The van der Waals surface area contributed by atoms with E-state index in [-0.39, 0.29) is 6.54 Å². The summed E-state index contributed by atoms with van der Waals surface area (Å²) in [6, 6.07) is 5.04. The van der Waals surface area contributed by atoms with Crippen LogP contribution in [0.1, 0.15) is 6.42 Å². The molecule has 1 aromatic heterocycles. The number of aromatic nitrogens is 1. The van der Waals surface area contributed by atoms with Gasteiger partial charge < -0.3 is 5.32 Å². The molecule has 1 aromatic rings. The van der Waals surface area contributed by atoms with Crippen LogP contribution in [0.2, 0.25) is 0 Å². The Bertz CT molecular complexity index is 245. The molecule has 0 spiro atoms. The zero-order chi connectivity index (χ0) is 9.73. The van der Waals surface area contributed by atoms with Gasteiger partial charge in [-0.05, 0) is 12.1 Å². The molecule has 0 unspecified atom stereocenters. The Labute approximate surface area is 73.8 Å². The van der Waals surface area contributed by atoms with Crippen molar-refractivity contribution in [3.05, 3.63) is 24.4 Å². The zero-order valence-electron chi connectivity index (χ0n) is 6.80. The van der Waals surface area contributed by atoms with Gasteiger partial charge in [0.25, 0.3) is 0 Å². The van der Waals surface area contributed by atoms with Crippen molar-refractivity contribution in [1.82, 2.24) is 4.98 Å². The van der Waals surface area contributed by atoms with Crippen molar-refractivity contribution in [2.24, 2.45) is 0 Å². The maximum absolute atomic E-state index is 11.7. The topological polar surface area (TPSA) is 24.9 Å². The van der Waals surface area contributed by atoms with Crippen LogP contribution in [-0.2, 0) is 0 Å². The third-order valence-corrected chi connectivity index (χ3v) is 1.38. The lowest BCUT2D eigenvalue weighted by Crippen LogP contribution is -2.14. The summed E-state index contributed by atoms with van der Waals surface area (Å²) < 4.78 is 35.1. The Morgan fingerprint density at radius 1 is 1.31 bits per heavy atom. The number of rotatable bonds is 3. The van der Waals surface area contributed by atoms with Crippen LogP contribution in [0.25, 0.3) is 0 Å². The molecule has 0 saturated carbocycles. The predicted molar refractivity (Wildman–Crippen MR) is 43.4 cm³/mol. The molecule has 0 fully saturated rings. The van der Waals surface area contributed by atoms with Gasteiger partial charge in [-0.15, -0.1) is 0 Å². The first-order valence-electron chi connectivity index (χ1n) is 3.79. The molecule has 2 nitrogen and oxygen atoms in total. The first kappa shape index (κ1) is 9.83. The van der Waals surface area contributed by atoms with E-state index in [1.165, 1.54) is 6.20 Å². The molecule has 0 aliphatic heterocycles. The first-order chi connectivity index (χ1) is 6.08. The Balaban J connectivity index is 2.29. The van der Waals surface area contributed by atoms with Crippen LogP contribution in [0.3, 0.4) is 0 Å². The van der Waals surface area contributed by atoms with Crippen LogP contribution in [0, 0.1) is 0 Å². The van der Waals surface area contributed by atoms with Crippen molar-refractivity contribution < 1.29 is 13.2 Å². The quantitative estimate of drug-likeness (QED) is 0.791. The SMILES string of the molecule is FC(F)(F)CCNc1ccccn1. The summed E-state index contributed by atoms with van der Waals surface area (Å²) in [5.74, 6) is 0.465. The van der Waals surface area contributed by atoms with Crippen molar-refractivity contribution in [3.8, 4) is 0 Å². The normalized spacial score (nSPS) is 11.3. The second kappa shape index (κ2) is 4.11. The summed E-state index contributed by atoms with van der Waals surface area (Å²) in [6.07, 6.45) is -3.43. The zero-order valence-corrected chi connectivity index (χ0v) is 6.80. The van der Waals surface area contributed by atoms with E-state index in [1.807, 2.05) is 0 Å². The summed E-state index contributed by atoms with van der Waals surface area (Å²) in [5, 5.41) is 2.57. The molecular formula is C8H9F3N2. The fourth-order valence-corrected chi connectivity index (χ4v) is 0.800. The molecule has 0 amide bonds. The van der Waals surface area contributed by atoms with Gasteiger partial charge in [0.2, 0.25) is 0 Å². The Morgan fingerprint density at radius 3 is 2.62 bits per heavy atom. The van der Waals surface area contributed by atoms with Crippen molar-refractivity contribution in [1.29, 1.82) is 0 Å². The number of hydrogen-bond donors (Lipinski definition) is 1. The fourth-order valence-electron chi connectivity index (χ4n) is 0.800. The van der Waals surface area contributed by atoms with Crippen molar-refractivity contribution in [2.75, 3.05) is 11.9 Å². The maximum atomic E-state index is 11.7. The lowest BCUT2D eigenvalue weighted by molar-refractivity contribution is -0.131. The van der Waals surface area contributed by atoms with E-state index in [0.29, 0.717) is 5.82 Å². The van der Waals surface area contributed by atoms with Gasteiger partial charge in [0.05, 0.1) is 6.42 Å². The molecule has 0 radical (unpaired) electrons. The largest absolute Gasteiger partial charge is 0.390 e. The Hall–Kier alpha value is -1.26. The molecule has 0 aliphatic rings. The molecule has 0 atom stereocenters. The lowest BCUT2D eigenvalue weighted by Gasteiger charge is -2.07. The van der Waals surface area contributed by atoms with Crippen LogP contribution >= 0.6 is 0 Å². The average Bonchev–Trinajstić information content (AvgIpc) is 2.04. The molecule has 13 heavy (non-hydrogen) atoms. The molecule has 0 saturated heterocycles. The van der Waals surface area contributed by atoms with Gasteiger partial charge in [0, 0.05) is 12.7 Å². The van der Waals surface area contributed by atoms with E-state index >= 15 is 0 Å². The summed E-state index contributed by atoms with van der Waals surface area (Å²) in [4.78, 5) is 3.82. The second-order valence-corrected chi connectivity index (χ2v) is 2.51. The molecule has 1 rings (SSSR count). The second-order valence-electron chi connectivity index (χ2n) is 2.51. The molecular weight excluding hydrogens is 181 g/mol. The first-order valence-corrected chi connectivity index (χ1v) is 3.79. The van der Waals surface area contributed by atoms with Gasteiger partial charge in [-0.2, -0.15) is 13.2 Å². The van der Waals surface area contributed by atoms with E-state index in [2.05, 4.69) is 10.3 Å². The van der Waals surface area contributed by atoms with Gasteiger partial charge in [-0.3, -0.25) is 0 Å². The monoisotopic (exact) mass is 190 g/mol. The molecule has 5 heteroatoms. The Morgan fingerprint density at radius 2 is 2.08 bits per heavy atom. The highest BCUT2D eigenvalue weighted by Crippen LogP contribution is 2.18. The highest BCUT2D eigenvalue weighted by atomic mass is 19.4. The van der Waals surface area contributed by atoms with Gasteiger partial charge in [0.15, 0.2) is 0 Å². The van der Waals surface area contributed by atoms with Crippen LogP contribution < -0.4 is 5.32 Å². The van der Waals surface area contributed by atoms with Crippen LogP contribution in [0.4, 0.5) is 19.0 Å². The van der Waals surface area contributed by atoms with E-state index in [0.717, 1.165) is 0 Å². The number of halogens is 3. The number of pyridine rings is 1. The van der Waals surface area contributed by atoms with E-state index < -0.39 is 12.6 Å². The van der Waals surface area contributed by atoms with Crippen molar-refractivity contribution >= 4 is 5.82 Å². The van der Waals surface area contributed by atoms with Crippen molar-refractivity contribution in [2.45, 2.75) is 12.6 Å². The molecule has 1 N–H and O–H groups in total. The molecule has 0 aliphatic carbocycles. The Kier molecular flexibility index (Phi) is 3.11. The maximum Gasteiger partial charge on any atom is 0.390 e. The average molecular weight is 190 g/mol. The van der Waals surface area contributed by atoms with Gasteiger partial charge in [-0.1, -0.05) is 6.07 Å². The predicted octanol–water partition coefficient (Wildman–Crippen LogP) is 2.45. The van der Waals surface area contributed by atoms with Gasteiger partial charge >= 0.3 is 6.18 Å². The van der Waals surface area contributed by atoms with Gasteiger partial charge in [0.1, 0.15) is 5.82 Å². The van der Waals surface area contributed by atoms with Crippen LogP contribution in [0.15, 0.2) is 24.4 Å². The standard InChI is InChI=1S/C8H9F3N2/c9-8(10,11)4-6-13-7-3-1-2-5-12-7/h1-3,5H,4,6H2,(H,12,13). The smallest absolute Gasteiger partial charge is 0.370 e. The minimum Gasteiger partial charge on any atom is -0.370 e. The van der Waals surface area contributed by atoms with Crippen LogP contribution in [-0.4, -0.2) is 17.7 Å². The third kappa shape index (κ3) is 4.35. The number of hydrogen-bond acceptors (Lipinski definition) is 2. The van der Waals surface area contributed by atoms with Gasteiger partial charge in [-0.25, -0.2) is 4.98 Å². The molecule has 72 valence electrons. The number of anilines is 1. The molecule has 0 bridgehead atoms. The number of alkyl halides is 3. The minimum absolute atomic E-state index is 0.138. The number of nitrogens with zero attached hydrogens (tertiary/aromatic N) is 1. The summed E-state index contributed by atoms with van der Waals surface area (Å²) >= 11 is 0. The summed E-state index contributed by atoms with van der Waals surface area (Å²) in [7, 11) is 0. The highest BCUT2D eigenvalue weighted by molar-refractivity contribution is 5.32. The van der Waals surface area contributed by atoms with E-state index in [4.69, 9.17) is 0 Å². The lowest BCUT2D eigenvalue weighted by atomic mass is 10.4. The van der Waals surface area contributed by atoms with Crippen molar-refractivity contribution in [3.63, 3.8) is 0 Å². The van der Waals surface area contributed by atoms with Crippen LogP contribution in [0.5, 0.6) is 0 Å². The van der Waals surface area contributed by atoms with E-state index in [9.17, 15) is 13.2 Å². The highest BCUT2D eigenvalue weighted by Gasteiger charge is 2.26.